The summed E-state index contributed by atoms with van der Waals surface area (Å²) < 4.78 is 40.6. The first-order valence-corrected chi connectivity index (χ1v) is 9.79. The molecule has 0 unspecified atom stereocenters. The van der Waals surface area contributed by atoms with E-state index in [4.69, 9.17) is 0 Å². The molecule has 1 amide bonds. The molecule has 0 bridgehead atoms. The molecule has 0 radical (unpaired) electrons. The summed E-state index contributed by atoms with van der Waals surface area (Å²) in [5.41, 5.74) is 0.321. The van der Waals surface area contributed by atoms with Gasteiger partial charge in [0.25, 0.3) is 5.91 Å². The van der Waals surface area contributed by atoms with E-state index < -0.39 is 6.36 Å². The van der Waals surface area contributed by atoms with Gasteiger partial charge in [0.1, 0.15) is 5.75 Å². The highest BCUT2D eigenvalue weighted by Crippen LogP contribution is 2.23. The Morgan fingerprint density at radius 1 is 1.00 bits per heavy atom. The smallest absolute Gasteiger partial charge is 0.406 e. The maximum atomic E-state index is 12.6. The lowest BCUT2D eigenvalue weighted by Crippen LogP contribution is -2.49. The third-order valence-corrected chi connectivity index (χ3v) is 4.95. The van der Waals surface area contributed by atoms with Crippen molar-refractivity contribution < 1.29 is 22.7 Å². The van der Waals surface area contributed by atoms with Crippen molar-refractivity contribution in [2.24, 2.45) is 0 Å². The van der Waals surface area contributed by atoms with E-state index in [-0.39, 0.29) is 11.7 Å². The molecule has 1 aromatic heterocycles. The van der Waals surface area contributed by atoms with Crippen LogP contribution in [0.2, 0.25) is 0 Å². The molecule has 162 valence electrons. The van der Waals surface area contributed by atoms with E-state index in [1.807, 2.05) is 12.1 Å². The number of aromatic nitrogens is 2. The number of carbonyl (C=O) groups excluding carboxylic acids is 1. The third kappa shape index (κ3) is 5.31. The lowest BCUT2D eigenvalue weighted by atomic mass is 10.1. The fraction of sp³-hybridized carbons (Fsp3) is 0.450. The predicted molar refractivity (Wildman–Crippen MR) is 107 cm³/mol. The van der Waals surface area contributed by atoms with E-state index in [1.54, 1.807) is 4.90 Å². The minimum Gasteiger partial charge on any atom is -0.406 e. The van der Waals surface area contributed by atoms with Gasteiger partial charge < -0.3 is 19.4 Å². The maximum absolute atomic E-state index is 12.6. The fourth-order valence-corrected chi connectivity index (χ4v) is 3.32. The van der Waals surface area contributed by atoms with Crippen LogP contribution in [0.3, 0.4) is 0 Å². The van der Waals surface area contributed by atoms with Gasteiger partial charge in [0, 0.05) is 44.8 Å². The summed E-state index contributed by atoms with van der Waals surface area (Å²) in [5, 5.41) is 8.60. The molecule has 1 fully saturated rings. The average molecular weight is 423 g/mol. The van der Waals surface area contributed by atoms with Crippen molar-refractivity contribution >= 4 is 17.5 Å². The average Bonchev–Trinajstić information content (AvgIpc) is 2.74. The van der Waals surface area contributed by atoms with Crippen LogP contribution in [0.1, 0.15) is 24.2 Å². The van der Waals surface area contributed by atoms with Crippen molar-refractivity contribution in [3.8, 4) is 5.75 Å². The molecule has 1 aliphatic heterocycles. The fourth-order valence-electron chi connectivity index (χ4n) is 3.32. The Balaban J connectivity index is 1.56. The number of anilines is 2. The predicted octanol–water partition coefficient (Wildman–Crippen LogP) is 3.18. The summed E-state index contributed by atoms with van der Waals surface area (Å²) in [7, 11) is 0. The highest BCUT2D eigenvalue weighted by molar-refractivity contribution is 5.94. The molecular weight excluding hydrogens is 399 g/mol. The van der Waals surface area contributed by atoms with Crippen LogP contribution in [0.4, 0.5) is 24.8 Å². The largest absolute Gasteiger partial charge is 0.573 e. The van der Waals surface area contributed by atoms with Crippen molar-refractivity contribution in [2.75, 3.05) is 49.1 Å². The molecule has 1 aromatic carbocycles. The molecule has 7 nitrogen and oxygen atoms in total. The molecule has 10 heteroatoms. The van der Waals surface area contributed by atoms with E-state index in [9.17, 15) is 18.0 Å². The van der Waals surface area contributed by atoms with E-state index in [0.717, 1.165) is 36.9 Å². The molecule has 0 N–H and O–H groups in total. The number of hydrogen-bond acceptors (Lipinski definition) is 6. The Bertz CT molecular complexity index is 831. The standard InChI is InChI=1S/C20H24F3N5O2/c1-3-26(4-2)17-9-10-18(25-24-17)27-11-13-28(14-12-27)19(29)15-5-7-16(8-6-15)30-20(21,22)23/h5-10H,3-4,11-14H2,1-2H3. The second-order valence-corrected chi connectivity index (χ2v) is 6.77. The monoisotopic (exact) mass is 423 g/mol. The van der Waals surface area contributed by atoms with Gasteiger partial charge in [-0.15, -0.1) is 23.4 Å². The normalized spacial score (nSPS) is 14.6. The number of amides is 1. The SMILES string of the molecule is CCN(CC)c1ccc(N2CCN(C(=O)c3ccc(OC(F)(F)F)cc3)CC2)nn1. The van der Waals surface area contributed by atoms with Crippen molar-refractivity contribution in [1.29, 1.82) is 0 Å². The number of hydrogen-bond donors (Lipinski definition) is 0. The summed E-state index contributed by atoms with van der Waals surface area (Å²) in [6.07, 6.45) is -4.76. The molecule has 2 aromatic rings. The molecule has 30 heavy (non-hydrogen) atoms. The van der Waals surface area contributed by atoms with Gasteiger partial charge >= 0.3 is 6.36 Å². The van der Waals surface area contributed by atoms with Crippen LogP contribution in [0.5, 0.6) is 5.75 Å². The second-order valence-electron chi connectivity index (χ2n) is 6.77. The molecular formula is C20H24F3N5O2. The number of ether oxygens (including phenoxy) is 1. The van der Waals surface area contributed by atoms with E-state index in [0.29, 0.717) is 31.7 Å². The Morgan fingerprint density at radius 3 is 2.13 bits per heavy atom. The van der Waals surface area contributed by atoms with Crippen LogP contribution in [0.25, 0.3) is 0 Å². The van der Waals surface area contributed by atoms with Crippen LogP contribution in [0.15, 0.2) is 36.4 Å². The number of halogens is 3. The van der Waals surface area contributed by atoms with Gasteiger partial charge in [-0.2, -0.15) is 0 Å². The number of piperazine rings is 1. The Labute approximate surface area is 173 Å². The topological polar surface area (TPSA) is 61.8 Å². The highest BCUT2D eigenvalue weighted by Gasteiger charge is 2.31. The summed E-state index contributed by atoms with van der Waals surface area (Å²) in [6, 6.07) is 8.84. The van der Waals surface area contributed by atoms with Crippen LogP contribution in [-0.2, 0) is 0 Å². The van der Waals surface area contributed by atoms with Crippen LogP contribution < -0.4 is 14.5 Å². The van der Waals surface area contributed by atoms with Crippen molar-refractivity contribution in [3.63, 3.8) is 0 Å². The zero-order valence-electron chi connectivity index (χ0n) is 16.9. The van der Waals surface area contributed by atoms with Gasteiger partial charge in [-0.3, -0.25) is 4.79 Å². The molecule has 3 rings (SSSR count). The molecule has 0 spiro atoms. The zero-order chi connectivity index (χ0) is 21.7. The molecule has 0 aliphatic carbocycles. The number of nitrogens with zero attached hydrogens (tertiary/aromatic N) is 5. The minimum absolute atomic E-state index is 0.226. The summed E-state index contributed by atoms with van der Waals surface area (Å²) in [6.45, 7) is 8.00. The first-order valence-electron chi connectivity index (χ1n) is 9.79. The van der Waals surface area contributed by atoms with Crippen LogP contribution >= 0.6 is 0 Å². The minimum atomic E-state index is -4.76. The van der Waals surface area contributed by atoms with E-state index in [2.05, 4.69) is 38.6 Å². The van der Waals surface area contributed by atoms with Crippen molar-refractivity contribution in [1.82, 2.24) is 15.1 Å². The Hall–Kier alpha value is -3.04. The maximum Gasteiger partial charge on any atom is 0.573 e. The van der Waals surface area contributed by atoms with Gasteiger partial charge in [-0.1, -0.05) is 0 Å². The number of benzene rings is 1. The van der Waals surface area contributed by atoms with E-state index in [1.165, 1.54) is 12.1 Å². The zero-order valence-corrected chi connectivity index (χ0v) is 16.9. The lowest BCUT2D eigenvalue weighted by Gasteiger charge is -2.35. The number of alkyl halides is 3. The van der Waals surface area contributed by atoms with E-state index >= 15 is 0 Å². The van der Waals surface area contributed by atoms with Gasteiger partial charge in [0.2, 0.25) is 0 Å². The van der Waals surface area contributed by atoms with Crippen LogP contribution in [0, 0.1) is 0 Å². The summed E-state index contributed by atoms with van der Waals surface area (Å²) in [4.78, 5) is 18.5. The van der Waals surface area contributed by atoms with Gasteiger partial charge in [0.05, 0.1) is 0 Å². The van der Waals surface area contributed by atoms with Gasteiger partial charge in [-0.25, -0.2) is 0 Å². The number of carbonyl (C=O) groups is 1. The number of rotatable bonds is 6. The lowest BCUT2D eigenvalue weighted by molar-refractivity contribution is -0.274. The molecule has 1 saturated heterocycles. The van der Waals surface area contributed by atoms with Gasteiger partial charge in [0.15, 0.2) is 11.6 Å². The Morgan fingerprint density at radius 2 is 1.63 bits per heavy atom. The quantitative estimate of drug-likeness (QED) is 0.711. The van der Waals surface area contributed by atoms with Crippen molar-refractivity contribution in [3.05, 3.63) is 42.0 Å². The molecule has 0 saturated carbocycles. The van der Waals surface area contributed by atoms with Gasteiger partial charge in [-0.05, 0) is 50.2 Å². The first kappa shape index (κ1) is 21.7. The molecule has 2 heterocycles. The second kappa shape index (κ2) is 9.19. The third-order valence-electron chi connectivity index (χ3n) is 4.95. The Kier molecular flexibility index (Phi) is 6.63. The summed E-state index contributed by atoms with van der Waals surface area (Å²) in [5.74, 6) is 1.01. The highest BCUT2D eigenvalue weighted by atomic mass is 19.4. The summed E-state index contributed by atoms with van der Waals surface area (Å²) >= 11 is 0. The first-order chi connectivity index (χ1) is 14.3. The van der Waals surface area contributed by atoms with Crippen molar-refractivity contribution in [2.45, 2.75) is 20.2 Å². The van der Waals surface area contributed by atoms with Crippen LogP contribution in [-0.4, -0.2) is 66.6 Å². The molecule has 1 aliphatic rings. The molecule has 0 atom stereocenters.